The predicted molar refractivity (Wildman–Crippen MR) is 62.4 cm³/mol. The fourth-order valence-electron chi connectivity index (χ4n) is 1.99. The first-order valence-corrected chi connectivity index (χ1v) is 7.57. The van der Waals surface area contributed by atoms with Gasteiger partial charge in [-0.2, -0.15) is 4.98 Å². The lowest BCUT2D eigenvalue weighted by atomic mass is 10.1. The van der Waals surface area contributed by atoms with Gasteiger partial charge in [0, 0.05) is 19.4 Å². The summed E-state index contributed by atoms with van der Waals surface area (Å²) in [5.41, 5.74) is 0. The van der Waals surface area contributed by atoms with Gasteiger partial charge < -0.3 is 9.84 Å². The predicted octanol–water partition coefficient (Wildman–Crippen LogP) is -0.191. The summed E-state index contributed by atoms with van der Waals surface area (Å²) >= 11 is 0. The molecule has 1 aliphatic rings. The number of hydrogen-bond donors (Lipinski definition) is 1. The van der Waals surface area contributed by atoms with Crippen molar-refractivity contribution in [3.8, 4) is 0 Å². The first-order valence-electron chi connectivity index (χ1n) is 5.75. The summed E-state index contributed by atoms with van der Waals surface area (Å²) < 4.78 is 27.7. The van der Waals surface area contributed by atoms with Gasteiger partial charge >= 0.3 is 0 Å². The van der Waals surface area contributed by atoms with Crippen molar-refractivity contribution in [2.24, 2.45) is 5.92 Å². The second kappa shape index (κ2) is 5.14. The standard InChI is InChI=1S/C10H17N3O3S/c1-11-4-2-9-12-10(16-13-9)6-8-3-5-17(14,15)7-8/h8,11H,2-7H2,1H3. The van der Waals surface area contributed by atoms with E-state index in [0.717, 1.165) is 13.0 Å². The van der Waals surface area contributed by atoms with E-state index in [1.54, 1.807) is 0 Å². The quantitative estimate of drug-likeness (QED) is 0.789. The van der Waals surface area contributed by atoms with E-state index >= 15 is 0 Å². The lowest BCUT2D eigenvalue weighted by Gasteiger charge is -2.01. The number of rotatable bonds is 5. The van der Waals surface area contributed by atoms with Crippen LogP contribution >= 0.6 is 0 Å². The molecule has 6 nitrogen and oxygen atoms in total. The van der Waals surface area contributed by atoms with Gasteiger partial charge in [-0.15, -0.1) is 0 Å². The van der Waals surface area contributed by atoms with Crippen LogP contribution < -0.4 is 5.32 Å². The van der Waals surface area contributed by atoms with Crippen LogP contribution in [-0.2, 0) is 22.7 Å². The Labute approximate surface area is 101 Å². The van der Waals surface area contributed by atoms with Crippen LogP contribution in [0.2, 0.25) is 0 Å². The van der Waals surface area contributed by atoms with Gasteiger partial charge in [0.2, 0.25) is 5.89 Å². The first-order chi connectivity index (χ1) is 8.09. The number of nitrogens with zero attached hydrogens (tertiary/aromatic N) is 2. The maximum atomic E-state index is 11.3. The van der Waals surface area contributed by atoms with Gasteiger partial charge in [0.1, 0.15) is 0 Å². The van der Waals surface area contributed by atoms with Gasteiger partial charge in [0.05, 0.1) is 11.5 Å². The number of likely N-dealkylation sites (N-methyl/N-ethyl adjacent to an activating group) is 1. The van der Waals surface area contributed by atoms with Crippen molar-refractivity contribution in [2.75, 3.05) is 25.1 Å². The Balaban J connectivity index is 1.89. The Kier molecular flexibility index (Phi) is 3.78. The second-order valence-electron chi connectivity index (χ2n) is 4.43. The third kappa shape index (κ3) is 3.50. The van der Waals surface area contributed by atoms with Crippen molar-refractivity contribution in [1.29, 1.82) is 0 Å². The summed E-state index contributed by atoms with van der Waals surface area (Å²) in [6.07, 6.45) is 2.01. The molecule has 1 unspecified atom stereocenters. The van der Waals surface area contributed by atoms with Crippen molar-refractivity contribution < 1.29 is 12.9 Å². The fourth-order valence-corrected chi connectivity index (χ4v) is 3.85. The van der Waals surface area contributed by atoms with Gasteiger partial charge in [0.15, 0.2) is 15.7 Å². The number of nitrogens with one attached hydrogen (secondary N) is 1. The van der Waals surface area contributed by atoms with Crippen molar-refractivity contribution in [1.82, 2.24) is 15.5 Å². The maximum absolute atomic E-state index is 11.3. The van der Waals surface area contributed by atoms with Crippen LogP contribution in [-0.4, -0.2) is 43.7 Å². The Morgan fingerprint density at radius 3 is 3.00 bits per heavy atom. The lowest BCUT2D eigenvalue weighted by Crippen LogP contribution is -2.11. The smallest absolute Gasteiger partial charge is 0.226 e. The highest BCUT2D eigenvalue weighted by molar-refractivity contribution is 7.91. The number of sulfone groups is 1. The second-order valence-corrected chi connectivity index (χ2v) is 6.66. The molecule has 1 aliphatic heterocycles. The minimum absolute atomic E-state index is 0.137. The van der Waals surface area contributed by atoms with E-state index in [-0.39, 0.29) is 11.7 Å². The zero-order valence-corrected chi connectivity index (χ0v) is 10.7. The molecular weight excluding hydrogens is 242 g/mol. The van der Waals surface area contributed by atoms with E-state index in [2.05, 4.69) is 15.5 Å². The number of hydrogen-bond acceptors (Lipinski definition) is 6. The molecule has 0 aliphatic carbocycles. The molecule has 1 N–H and O–H groups in total. The molecule has 17 heavy (non-hydrogen) atoms. The molecule has 1 saturated heterocycles. The minimum atomic E-state index is -2.82. The van der Waals surface area contributed by atoms with Crippen molar-refractivity contribution in [3.63, 3.8) is 0 Å². The van der Waals surface area contributed by atoms with Gasteiger partial charge in [-0.25, -0.2) is 8.42 Å². The Morgan fingerprint density at radius 2 is 2.35 bits per heavy atom. The average molecular weight is 259 g/mol. The van der Waals surface area contributed by atoms with E-state index in [1.807, 2.05) is 7.05 Å². The first kappa shape index (κ1) is 12.5. The molecule has 0 aromatic carbocycles. The molecule has 1 aromatic rings. The zero-order chi connectivity index (χ0) is 12.3. The molecule has 7 heteroatoms. The molecule has 0 bridgehead atoms. The van der Waals surface area contributed by atoms with Crippen LogP contribution in [0.1, 0.15) is 18.1 Å². The monoisotopic (exact) mass is 259 g/mol. The summed E-state index contributed by atoms with van der Waals surface area (Å²) in [5, 5.41) is 6.86. The zero-order valence-electron chi connectivity index (χ0n) is 9.85. The highest BCUT2D eigenvalue weighted by Gasteiger charge is 2.29. The Morgan fingerprint density at radius 1 is 1.53 bits per heavy atom. The lowest BCUT2D eigenvalue weighted by molar-refractivity contribution is 0.355. The minimum Gasteiger partial charge on any atom is -0.339 e. The topological polar surface area (TPSA) is 85.1 Å². The molecule has 1 atom stereocenters. The largest absolute Gasteiger partial charge is 0.339 e. The third-order valence-electron chi connectivity index (χ3n) is 2.90. The van der Waals surface area contributed by atoms with Crippen LogP contribution in [0.5, 0.6) is 0 Å². The maximum Gasteiger partial charge on any atom is 0.226 e. The van der Waals surface area contributed by atoms with Crippen LogP contribution in [0.4, 0.5) is 0 Å². The molecule has 1 aromatic heterocycles. The van der Waals surface area contributed by atoms with E-state index in [9.17, 15) is 8.42 Å². The molecule has 0 amide bonds. The Hall–Kier alpha value is -0.950. The Bertz CT molecular complexity index is 469. The van der Waals surface area contributed by atoms with Crippen molar-refractivity contribution >= 4 is 9.84 Å². The molecule has 2 rings (SSSR count). The average Bonchev–Trinajstić information content (AvgIpc) is 2.83. The van der Waals surface area contributed by atoms with E-state index in [0.29, 0.717) is 30.3 Å². The summed E-state index contributed by atoms with van der Waals surface area (Å²) in [6, 6.07) is 0. The van der Waals surface area contributed by atoms with Gasteiger partial charge in [-0.1, -0.05) is 5.16 Å². The molecule has 0 spiro atoms. The van der Waals surface area contributed by atoms with E-state index < -0.39 is 9.84 Å². The molecule has 1 fully saturated rings. The highest BCUT2D eigenvalue weighted by Crippen LogP contribution is 2.21. The summed E-state index contributed by atoms with van der Waals surface area (Å²) in [5.74, 6) is 1.91. The molecule has 96 valence electrons. The normalized spacial score (nSPS) is 23.0. The van der Waals surface area contributed by atoms with Crippen molar-refractivity contribution in [3.05, 3.63) is 11.7 Å². The SMILES string of the molecule is CNCCc1noc(CC2CCS(=O)(=O)C2)n1. The summed E-state index contributed by atoms with van der Waals surface area (Å²) in [4.78, 5) is 4.25. The van der Waals surface area contributed by atoms with E-state index in [4.69, 9.17) is 4.52 Å². The van der Waals surface area contributed by atoms with Crippen LogP contribution in [0.3, 0.4) is 0 Å². The fraction of sp³-hybridized carbons (Fsp3) is 0.800. The van der Waals surface area contributed by atoms with Crippen molar-refractivity contribution in [2.45, 2.75) is 19.3 Å². The van der Waals surface area contributed by atoms with Gasteiger partial charge in [-0.05, 0) is 19.4 Å². The third-order valence-corrected chi connectivity index (χ3v) is 4.74. The summed E-state index contributed by atoms with van der Waals surface area (Å²) in [6.45, 7) is 0.802. The highest BCUT2D eigenvalue weighted by atomic mass is 32.2. The van der Waals surface area contributed by atoms with Gasteiger partial charge in [0.25, 0.3) is 0 Å². The van der Waals surface area contributed by atoms with Gasteiger partial charge in [-0.3, -0.25) is 0 Å². The van der Waals surface area contributed by atoms with Crippen LogP contribution in [0.15, 0.2) is 4.52 Å². The number of aromatic nitrogens is 2. The molecule has 2 heterocycles. The molecular formula is C10H17N3O3S. The molecule has 0 saturated carbocycles. The van der Waals surface area contributed by atoms with Crippen LogP contribution in [0, 0.1) is 5.92 Å². The van der Waals surface area contributed by atoms with Crippen LogP contribution in [0.25, 0.3) is 0 Å². The molecule has 0 radical (unpaired) electrons. The summed E-state index contributed by atoms with van der Waals surface area (Å²) in [7, 11) is -0.957. The van der Waals surface area contributed by atoms with E-state index in [1.165, 1.54) is 0 Å².